The number of thiocarbonyl (C=S) groups is 1. The average Bonchev–Trinajstić information content (AvgIpc) is 2.95. The van der Waals surface area contributed by atoms with Crippen LogP contribution in [0.4, 0.5) is 0 Å². The number of carboxylic acids is 1. The van der Waals surface area contributed by atoms with Gasteiger partial charge >= 0.3 is 5.97 Å². The van der Waals surface area contributed by atoms with Gasteiger partial charge in [-0.2, -0.15) is 0 Å². The zero-order valence-corrected chi connectivity index (χ0v) is 17.1. The molecule has 8 heteroatoms. The highest BCUT2D eigenvalue weighted by Crippen LogP contribution is 2.31. The lowest BCUT2D eigenvalue weighted by molar-refractivity contribution is -0.139. The van der Waals surface area contributed by atoms with Gasteiger partial charge in [-0.3, -0.25) is 14.5 Å². The smallest absolute Gasteiger partial charge is 0.326 e. The topological polar surface area (TPSA) is 86.7 Å². The van der Waals surface area contributed by atoms with Crippen molar-refractivity contribution in [1.29, 1.82) is 0 Å². The fourth-order valence-electron chi connectivity index (χ4n) is 2.72. The number of aliphatic carboxylic acids is 1. The third-order valence-electron chi connectivity index (χ3n) is 4.34. The van der Waals surface area contributed by atoms with Gasteiger partial charge < -0.3 is 10.4 Å². The summed E-state index contributed by atoms with van der Waals surface area (Å²) in [7, 11) is 1.63. The Morgan fingerprint density at radius 3 is 2.38 bits per heavy atom. The molecule has 0 aliphatic carbocycles. The molecule has 2 amide bonds. The van der Waals surface area contributed by atoms with Crippen LogP contribution < -0.4 is 5.32 Å². The summed E-state index contributed by atoms with van der Waals surface area (Å²) in [5, 5.41) is 12.0. The van der Waals surface area contributed by atoms with Gasteiger partial charge in [0.25, 0.3) is 11.8 Å². The maximum Gasteiger partial charge on any atom is 0.326 e. The van der Waals surface area contributed by atoms with E-state index < -0.39 is 17.9 Å². The molecule has 6 nitrogen and oxygen atoms in total. The van der Waals surface area contributed by atoms with Crippen LogP contribution in [-0.4, -0.2) is 45.2 Å². The SMILES string of the molecule is CN1C(=O)/C(=C\c2ccc(C(=O)NC(Cc3ccccc3)C(=O)O)cc2)SC1=S. The first kappa shape index (κ1) is 20.8. The Hall–Kier alpha value is -2.97. The summed E-state index contributed by atoms with van der Waals surface area (Å²) in [6, 6.07) is 14.7. The molecule has 2 aromatic carbocycles. The fraction of sp³-hybridized carbons (Fsp3) is 0.143. The van der Waals surface area contributed by atoms with Gasteiger partial charge in [0.15, 0.2) is 0 Å². The van der Waals surface area contributed by atoms with Crippen molar-refractivity contribution in [2.75, 3.05) is 7.05 Å². The van der Waals surface area contributed by atoms with E-state index in [0.29, 0.717) is 14.8 Å². The second-order valence-electron chi connectivity index (χ2n) is 6.42. The molecule has 1 heterocycles. The molecule has 0 saturated carbocycles. The summed E-state index contributed by atoms with van der Waals surface area (Å²) in [6.45, 7) is 0. The first-order valence-corrected chi connectivity index (χ1v) is 9.97. The number of nitrogens with one attached hydrogen (secondary N) is 1. The van der Waals surface area contributed by atoms with Crippen molar-refractivity contribution in [2.24, 2.45) is 0 Å². The van der Waals surface area contributed by atoms with Crippen LogP contribution in [-0.2, 0) is 16.0 Å². The summed E-state index contributed by atoms with van der Waals surface area (Å²) in [4.78, 5) is 38.0. The Morgan fingerprint density at radius 1 is 1.17 bits per heavy atom. The quantitative estimate of drug-likeness (QED) is 0.546. The van der Waals surface area contributed by atoms with Crippen LogP contribution in [0.25, 0.3) is 6.08 Å². The molecular weight excluding hydrogens is 408 g/mol. The van der Waals surface area contributed by atoms with Crippen LogP contribution in [0.1, 0.15) is 21.5 Å². The van der Waals surface area contributed by atoms with Gasteiger partial charge in [-0.25, -0.2) is 4.79 Å². The highest BCUT2D eigenvalue weighted by atomic mass is 32.2. The van der Waals surface area contributed by atoms with E-state index in [9.17, 15) is 19.5 Å². The Labute approximate surface area is 177 Å². The predicted octanol–water partition coefficient (Wildman–Crippen LogP) is 2.94. The van der Waals surface area contributed by atoms with E-state index in [-0.39, 0.29) is 12.3 Å². The standard InChI is InChI=1S/C21H18N2O4S2/c1-23-19(25)17(29-21(23)28)12-14-7-9-15(10-8-14)18(24)22-16(20(26)27)11-13-5-3-2-4-6-13/h2-10,12,16H,11H2,1H3,(H,22,24)(H,26,27)/b17-12+. The number of hydrogen-bond acceptors (Lipinski definition) is 5. The summed E-state index contributed by atoms with van der Waals surface area (Å²) < 4.78 is 0.496. The van der Waals surface area contributed by atoms with Crippen molar-refractivity contribution in [1.82, 2.24) is 10.2 Å². The summed E-state index contributed by atoms with van der Waals surface area (Å²) in [5.74, 6) is -1.73. The minimum absolute atomic E-state index is 0.160. The minimum atomic E-state index is -1.10. The van der Waals surface area contributed by atoms with Gasteiger partial charge in [-0.1, -0.05) is 66.4 Å². The molecule has 2 N–H and O–H groups in total. The Balaban J connectivity index is 1.69. The lowest BCUT2D eigenvalue weighted by atomic mass is 10.1. The van der Waals surface area contributed by atoms with E-state index in [1.165, 1.54) is 16.7 Å². The van der Waals surface area contributed by atoms with Crippen molar-refractivity contribution in [3.63, 3.8) is 0 Å². The second kappa shape index (κ2) is 9.02. The minimum Gasteiger partial charge on any atom is -0.480 e. The number of nitrogens with zero attached hydrogens (tertiary/aromatic N) is 1. The molecule has 0 spiro atoms. The second-order valence-corrected chi connectivity index (χ2v) is 8.09. The Morgan fingerprint density at radius 2 is 1.83 bits per heavy atom. The Kier molecular flexibility index (Phi) is 6.46. The van der Waals surface area contributed by atoms with Gasteiger partial charge in [-0.05, 0) is 29.3 Å². The molecule has 2 aromatic rings. The number of carbonyl (C=O) groups is 3. The van der Waals surface area contributed by atoms with E-state index in [1.54, 1.807) is 37.4 Å². The third kappa shape index (κ3) is 5.10. The maximum absolute atomic E-state index is 12.5. The number of rotatable bonds is 6. The first-order chi connectivity index (χ1) is 13.8. The van der Waals surface area contributed by atoms with Crippen molar-refractivity contribution in [2.45, 2.75) is 12.5 Å². The molecule has 1 fully saturated rings. The van der Waals surface area contributed by atoms with Gasteiger partial charge in [0.2, 0.25) is 0 Å². The van der Waals surface area contributed by atoms with E-state index in [0.717, 1.165) is 11.1 Å². The van der Waals surface area contributed by atoms with Crippen molar-refractivity contribution in [3.05, 3.63) is 76.2 Å². The number of hydrogen-bond donors (Lipinski definition) is 2. The monoisotopic (exact) mass is 426 g/mol. The molecule has 1 aliphatic rings. The fourth-order valence-corrected chi connectivity index (χ4v) is 3.90. The molecule has 1 aliphatic heterocycles. The molecule has 1 saturated heterocycles. The largest absolute Gasteiger partial charge is 0.480 e. The molecule has 1 atom stereocenters. The van der Waals surface area contributed by atoms with Gasteiger partial charge in [0.1, 0.15) is 10.4 Å². The van der Waals surface area contributed by atoms with Gasteiger partial charge in [0, 0.05) is 19.0 Å². The lowest BCUT2D eigenvalue weighted by Gasteiger charge is -2.15. The maximum atomic E-state index is 12.5. The highest BCUT2D eigenvalue weighted by Gasteiger charge is 2.28. The highest BCUT2D eigenvalue weighted by molar-refractivity contribution is 8.26. The lowest BCUT2D eigenvalue weighted by Crippen LogP contribution is -2.42. The number of amides is 2. The number of carbonyl (C=O) groups excluding carboxylic acids is 2. The summed E-state index contributed by atoms with van der Waals surface area (Å²) >= 11 is 6.33. The summed E-state index contributed by atoms with van der Waals surface area (Å²) in [6.07, 6.45) is 1.90. The normalized spacial score (nSPS) is 16.2. The number of benzene rings is 2. The summed E-state index contributed by atoms with van der Waals surface area (Å²) in [5.41, 5.74) is 1.91. The number of likely N-dealkylation sites (N-methyl/N-ethyl adjacent to an activating group) is 1. The van der Waals surface area contributed by atoms with E-state index in [2.05, 4.69) is 5.32 Å². The van der Waals surface area contributed by atoms with Crippen molar-refractivity contribution < 1.29 is 19.5 Å². The van der Waals surface area contributed by atoms with Crippen LogP contribution in [0.3, 0.4) is 0 Å². The van der Waals surface area contributed by atoms with E-state index in [1.807, 2.05) is 30.3 Å². The molecule has 0 bridgehead atoms. The van der Waals surface area contributed by atoms with Crippen LogP contribution in [0.5, 0.6) is 0 Å². The molecule has 0 radical (unpaired) electrons. The molecule has 148 valence electrons. The van der Waals surface area contributed by atoms with Gasteiger partial charge in [-0.15, -0.1) is 0 Å². The molecule has 3 rings (SSSR count). The molecular formula is C21H18N2O4S2. The predicted molar refractivity (Wildman–Crippen MR) is 116 cm³/mol. The first-order valence-electron chi connectivity index (χ1n) is 8.74. The molecule has 0 aromatic heterocycles. The Bertz CT molecular complexity index is 988. The van der Waals surface area contributed by atoms with Crippen molar-refractivity contribution in [3.8, 4) is 0 Å². The van der Waals surface area contributed by atoms with Crippen molar-refractivity contribution >= 4 is 52.2 Å². The van der Waals surface area contributed by atoms with Crippen LogP contribution in [0.2, 0.25) is 0 Å². The van der Waals surface area contributed by atoms with E-state index >= 15 is 0 Å². The van der Waals surface area contributed by atoms with Crippen LogP contribution >= 0.6 is 24.0 Å². The van der Waals surface area contributed by atoms with Gasteiger partial charge in [0.05, 0.1) is 4.91 Å². The zero-order chi connectivity index (χ0) is 21.0. The van der Waals surface area contributed by atoms with E-state index in [4.69, 9.17) is 12.2 Å². The number of thioether (sulfide) groups is 1. The third-order valence-corrected chi connectivity index (χ3v) is 5.83. The zero-order valence-electron chi connectivity index (χ0n) is 15.5. The van der Waals surface area contributed by atoms with Crippen LogP contribution in [0, 0.1) is 0 Å². The molecule has 1 unspecified atom stereocenters. The molecule has 29 heavy (non-hydrogen) atoms. The van der Waals surface area contributed by atoms with Crippen LogP contribution in [0.15, 0.2) is 59.5 Å². The number of carboxylic acid groups (broad SMARTS) is 1. The average molecular weight is 427 g/mol.